The third-order valence-corrected chi connectivity index (χ3v) is 3.77. The molecule has 98 valence electrons. The number of benzene rings is 1. The number of hydrogen-bond acceptors (Lipinski definition) is 2. The Morgan fingerprint density at radius 1 is 1.39 bits per heavy atom. The lowest BCUT2D eigenvalue weighted by Crippen LogP contribution is -2.40. The van der Waals surface area contributed by atoms with E-state index >= 15 is 0 Å². The lowest BCUT2D eigenvalue weighted by Gasteiger charge is -2.11. The second-order valence-corrected chi connectivity index (χ2v) is 5.48. The number of nitrogens with zero attached hydrogens (tertiary/aromatic N) is 1. The molecule has 2 N–H and O–H groups in total. The molecule has 0 spiro atoms. The van der Waals surface area contributed by atoms with Gasteiger partial charge < -0.3 is 10.6 Å². The summed E-state index contributed by atoms with van der Waals surface area (Å²) in [5, 5.41) is 6.81. The zero-order valence-corrected chi connectivity index (χ0v) is 11.8. The number of hydrogen-bond donors (Lipinski definition) is 2. The van der Waals surface area contributed by atoms with Gasteiger partial charge in [-0.2, -0.15) is 11.8 Å². The molecule has 4 heteroatoms. The zero-order chi connectivity index (χ0) is 12.8. The summed E-state index contributed by atoms with van der Waals surface area (Å²) in [7, 11) is 1.83. The molecule has 2 atom stereocenters. The molecule has 2 unspecified atom stereocenters. The first-order chi connectivity index (χ1) is 8.85. The maximum absolute atomic E-state index is 4.25. The normalized spacial score (nSPS) is 22.7. The van der Waals surface area contributed by atoms with E-state index < -0.39 is 0 Å². The van der Waals surface area contributed by atoms with Gasteiger partial charge in [0.15, 0.2) is 5.96 Å². The van der Waals surface area contributed by atoms with Crippen LogP contribution >= 0.6 is 11.8 Å². The summed E-state index contributed by atoms with van der Waals surface area (Å²) < 4.78 is 0. The third-order valence-electron chi connectivity index (χ3n) is 3.16. The topological polar surface area (TPSA) is 36.4 Å². The van der Waals surface area contributed by atoms with Gasteiger partial charge in [-0.15, -0.1) is 0 Å². The molecule has 0 amide bonds. The highest BCUT2D eigenvalue weighted by Crippen LogP contribution is 2.40. The van der Waals surface area contributed by atoms with Crippen molar-refractivity contribution in [2.45, 2.75) is 18.4 Å². The Kier molecular flexibility index (Phi) is 4.93. The minimum atomic E-state index is 0.535. The number of thioether (sulfide) groups is 1. The molecule has 18 heavy (non-hydrogen) atoms. The second kappa shape index (κ2) is 6.69. The molecule has 0 heterocycles. The van der Waals surface area contributed by atoms with Gasteiger partial charge in [-0.1, -0.05) is 30.3 Å². The number of guanidine groups is 1. The van der Waals surface area contributed by atoms with Gasteiger partial charge in [-0.25, -0.2) is 0 Å². The van der Waals surface area contributed by atoms with E-state index in [1.165, 1.54) is 12.0 Å². The lowest BCUT2D eigenvalue weighted by molar-refractivity contribution is 0.808. The van der Waals surface area contributed by atoms with Crippen molar-refractivity contribution in [3.63, 3.8) is 0 Å². The molecule has 1 saturated carbocycles. The molecule has 0 bridgehead atoms. The van der Waals surface area contributed by atoms with Gasteiger partial charge in [0.05, 0.1) is 0 Å². The molecule has 0 aliphatic heterocycles. The molecule has 0 saturated heterocycles. The molecule has 2 rings (SSSR count). The summed E-state index contributed by atoms with van der Waals surface area (Å²) in [4.78, 5) is 4.25. The van der Waals surface area contributed by atoms with Crippen molar-refractivity contribution >= 4 is 17.7 Å². The summed E-state index contributed by atoms with van der Waals surface area (Å²) in [6.45, 7) is 0.962. The molecular formula is C14H21N3S. The van der Waals surface area contributed by atoms with E-state index in [1.807, 2.05) is 18.8 Å². The average molecular weight is 263 g/mol. The van der Waals surface area contributed by atoms with Crippen LogP contribution in [0.25, 0.3) is 0 Å². The quantitative estimate of drug-likeness (QED) is 0.485. The summed E-state index contributed by atoms with van der Waals surface area (Å²) in [5.74, 6) is 2.67. The molecule has 1 aromatic carbocycles. The molecule has 0 radical (unpaired) electrons. The van der Waals surface area contributed by atoms with Crippen molar-refractivity contribution in [1.82, 2.24) is 10.6 Å². The maximum Gasteiger partial charge on any atom is 0.191 e. The molecular weight excluding hydrogens is 242 g/mol. The van der Waals surface area contributed by atoms with Crippen molar-refractivity contribution in [2.24, 2.45) is 4.99 Å². The molecule has 3 nitrogen and oxygen atoms in total. The number of nitrogens with one attached hydrogen (secondary N) is 2. The van der Waals surface area contributed by atoms with E-state index in [1.54, 1.807) is 0 Å². The van der Waals surface area contributed by atoms with Gasteiger partial charge in [-0.05, 0) is 18.2 Å². The minimum Gasteiger partial charge on any atom is -0.356 e. The molecule has 0 aromatic heterocycles. The Labute approximate surface area is 113 Å². The Bertz CT molecular complexity index is 391. The van der Waals surface area contributed by atoms with E-state index in [2.05, 4.69) is 52.2 Å². The second-order valence-electron chi connectivity index (χ2n) is 4.50. The lowest BCUT2D eigenvalue weighted by atomic mass is 10.1. The van der Waals surface area contributed by atoms with E-state index in [0.29, 0.717) is 12.0 Å². The summed E-state index contributed by atoms with van der Waals surface area (Å²) in [6, 6.07) is 11.2. The zero-order valence-electron chi connectivity index (χ0n) is 11.0. The van der Waals surface area contributed by atoms with E-state index in [9.17, 15) is 0 Å². The number of rotatable bonds is 5. The highest BCUT2D eigenvalue weighted by molar-refractivity contribution is 7.98. The van der Waals surface area contributed by atoms with Crippen LogP contribution in [0.3, 0.4) is 0 Å². The first-order valence-electron chi connectivity index (χ1n) is 6.36. The van der Waals surface area contributed by atoms with Crippen LogP contribution in [0.5, 0.6) is 0 Å². The van der Waals surface area contributed by atoms with Crippen LogP contribution in [0.15, 0.2) is 35.3 Å². The average Bonchev–Trinajstić information content (AvgIpc) is 3.18. The fourth-order valence-electron chi connectivity index (χ4n) is 2.06. The Morgan fingerprint density at radius 2 is 2.17 bits per heavy atom. The van der Waals surface area contributed by atoms with Gasteiger partial charge in [0.2, 0.25) is 0 Å². The van der Waals surface area contributed by atoms with Gasteiger partial charge >= 0.3 is 0 Å². The molecule has 1 aliphatic carbocycles. The first kappa shape index (κ1) is 13.3. The van der Waals surface area contributed by atoms with Crippen LogP contribution in [0, 0.1) is 0 Å². The summed E-state index contributed by atoms with van der Waals surface area (Å²) in [5.41, 5.74) is 1.43. The van der Waals surface area contributed by atoms with Crippen molar-refractivity contribution < 1.29 is 0 Å². The van der Waals surface area contributed by atoms with Crippen molar-refractivity contribution in [3.8, 4) is 0 Å². The number of aliphatic imine (C=N–C) groups is 1. The predicted octanol–water partition coefficient (Wildman–Crippen LogP) is 2.07. The SMILES string of the molecule is CN=C(NCCSC)NC1CC1c1ccccc1. The largest absolute Gasteiger partial charge is 0.356 e. The fourth-order valence-corrected chi connectivity index (χ4v) is 2.37. The summed E-state index contributed by atoms with van der Waals surface area (Å²) >= 11 is 1.84. The van der Waals surface area contributed by atoms with Gasteiger partial charge in [-0.3, -0.25) is 4.99 Å². The third kappa shape index (κ3) is 3.67. The van der Waals surface area contributed by atoms with Crippen LogP contribution < -0.4 is 10.6 Å². The standard InChI is InChI=1S/C14H21N3S/c1-15-14(16-8-9-18-2)17-13-10-12(13)11-6-4-3-5-7-11/h3-7,12-13H,8-10H2,1-2H3,(H2,15,16,17). The fraction of sp³-hybridized carbons (Fsp3) is 0.500. The highest BCUT2D eigenvalue weighted by Gasteiger charge is 2.38. The van der Waals surface area contributed by atoms with Crippen LogP contribution in [0.1, 0.15) is 17.9 Å². The Balaban J connectivity index is 1.78. The Morgan fingerprint density at radius 3 is 2.83 bits per heavy atom. The van der Waals surface area contributed by atoms with Crippen LogP contribution in [-0.4, -0.2) is 37.6 Å². The maximum atomic E-state index is 4.25. The van der Waals surface area contributed by atoms with Gasteiger partial charge in [0.1, 0.15) is 0 Å². The van der Waals surface area contributed by atoms with E-state index in [4.69, 9.17) is 0 Å². The smallest absolute Gasteiger partial charge is 0.191 e. The highest BCUT2D eigenvalue weighted by atomic mass is 32.2. The van der Waals surface area contributed by atoms with E-state index in [0.717, 1.165) is 18.3 Å². The van der Waals surface area contributed by atoms with Crippen LogP contribution in [0.4, 0.5) is 0 Å². The molecule has 1 fully saturated rings. The van der Waals surface area contributed by atoms with Gasteiger partial charge in [0.25, 0.3) is 0 Å². The van der Waals surface area contributed by atoms with Crippen molar-refractivity contribution in [3.05, 3.63) is 35.9 Å². The molecule has 1 aliphatic rings. The van der Waals surface area contributed by atoms with Gasteiger partial charge in [0, 0.05) is 31.3 Å². The van der Waals surface area contributed by atoms with Crippen molar-refractivity contribution in [2.75, 3.05) is 25.6 Å². The Hall–Kier alpha value is -1.16. The monoisotopic (exact) mass is 263 g/mol. The van der Waals surface area contributed by atoms with Crippen LogP contribution in [0.2, 0.25) is 0 Å². The first-order valence-corrected chi connectivity index (χ1v) is 7.75. The van der Waals surface area contributed by atoms with Crippen molar-refractivity contribution in [1.29, 1.82) is 0 Å². The summed E-state index contributed by atoms with van der Waals surface area (Å²) in [6.07, 6.45) is 3.32. The van der Waals surface area contributed by atoms with Crippen LogP contribution in [-0.2, 0) is 0 Å². The van der Waals surface area contributed by atoms with E-state index in [-0.39, 0.29) is 0 Å². The minimum absolute atomic E-state index is 0.535. The molecule has 1 aromatic rings. The predicted molar refractivity (Wildman–Crippen MR) is 80.5 cm³/mol.